The molecular formula is C9H6N4O2S. The third-order valence-electron chi connectivity index (χ3n) is 1.99. The van der Waals surface area contributed by atoms with E-state index in [0.717, 1.165) is 5.56 Å². The Hall–Kier alpha value is -2.02. The van der Waals surface area contributed by atoms with Crippen molar-refractivity contribution in [1.29, 1.82) is 0 Å². The number of nitro groups is 1. The summed E-state index contributed by atoms with van der Waals surface area (Å²) in [6.45, 7) is 0. The standard InChI is InChI=1S/C9H6N4O2S/c14-13(15)7-3-1-6(2-4-7)5-8-10-9(16)12-11-8/h1-4H,5H2. The molecule has 0 atom stereocenters. The Morgan fingerprint density at radius 2 is 1.94 bits per heavy atom. The number of rotatable bonds is 3. The highest BCUT2D eigenvalue weighted by atomic mass is 32.1. The molecule has 0 spiro atoms. The molecule has 1 aliphatic rings. The van der Waals surface area contributed by atoms with E-state index in [1.54, 1.807) is 12.1 Å². The maximum atomic E-state index is 10.4. The number of amidine groups is 1. The Balaban J connectivity index is 2.12. The average Bonchev–Trinajstić information content (AvgIpc) is 2.65. The van der Waals surface area contributed by atoms with Crippen molar-refractivity contribution >= 4 is 28.9 Å². The van der Waals surface area contributed by atoms with Crippen molar-refractivity contribution in [3.63, 3.8) is 0 Å². The second-order valence-electron chi connectivity index (χ2n) is 3.11. The van der Waals surface area contributed by atoms with Gasteiger partial charge in [-0.1, -0.05) is 12.1 Å². The normalized spacial score (nSPS) is 14.0. The van der Waals surface area contributed by atoms with Gasteiger partial charge in [-0.15, -0.1) is 10.2 Å². The first-order valence-corrected chi connectivity index (χ1v) is 4.82. The molecule has 0 aromatic heterocycles. The number of benzene rings is 1. The van der Waals surface area contributed by atoms with Crippen LogP contribution >= 0.6 is 12.2 Å². The number of nitrogens with zero attached hydrogens (tertiary/aromatic N) is 4. The summed E-state index contributed by atoms with van der Waals surface area (Å²) in [5.41, 5.74) is 0.947. The van der Waals surface area contributed by atoms with E-state index in [0.29, 0.717) is 12.3 Å². The van der Waals surface area contributed by atoms with E-state index in [1.807, 2.05) is 0 Å². The molecule has 0 radical (unpaired) electrons. The monoisotopic (exact) mass is 234 g/mol. The van der Waals surface area contributed by atoms with Crippen LogP contribution in [0.15, 0.2) is 39.5 Å². The summed E-state index contributed by atoms with van der Waals surface area (Å²) in [6, 6.07) is 6.22. The molecule has 0 bridgehead atoms. The number of aliphatic imine (C=N–C) groups is 1. The summed E-state index contributed by atoms with van der Waals surface area (Å²) in [4.78, 5) is 13.9. The van der Waals surface area contributed by atoms with E-state index in [4.69, 9.17) is 12.2 Å². The molecule has 2 rings (SSSR count). The molecular weight excluding hydrogens is 228 g/mol. The van der Waals surface area contributed by atoms with Crippen LogP contribution in [0.2, 0.25) is 0 Å². The maximum absolute atomic E-state index is 10.4. The molecule has 0 saturated heterocycles. The van der Waals surface area contributed by atoms with Crippen LogP contribution in [0.4, 0.5) is 5.69 Å². The topological polar surface area (TPSA) is 80.2 Å². The zero-order chi connectivity index (χ0) is 11.5. The minimum atomic E-state index is -0.439. The molecule has 1 aromatic rings. The van der Waals surface area contributed by atoms with E-state index in [-0.39, 0.29) is 10.8 Å². The van der Waals surface area contributed by atoms with Crippen molar-refractivity contribution in [3.8, 4) is 0 Å². The molecule has 1 heterocycles. The van der Waals surface area contributed by atoms with Crippen molar-refractivity contribution in [2.24, 2.45) is 15.2 Å². The smallest absolute Gasteiger partial charge is 0.258 e. The molecule has 0 unspecified atom stereocenters. The maximum Gasteiger partial charge on any atom is 0.269 e. The van der Waals surface area contributed by atoms with Crippen LogP contribution in [0, 0.1) is 10.1 Å². The second kappa shape index (κ2) is 4.23. The molecule has 0 amide bonds. The zero-order valence-electron chi connectivity index (χ0n) is 8.03. The van der Waals surface area contributed by atoms with E-state index in [9.17, 15) is 10.1 Å². The molecule has 0 saturated carbocycles. The van der Waals surface area contributed by atoms with Gasteiger partial charge in [0.15, 0.2) is 5.84 Å². The minimum absolute atomic E-state index is 0.0641. The van der Waals surface area contributed by atoms with Crippen LogP contribution in [0.1, 0.15) is 5.56 Å². The van der Waals surface area contributed by atoms with Gasteiger partial charge in [-0.25, -0.2) is 0 Å². The molecule has 6 nitrogen and oxygen atoms in total. The lowest BCUT2D eigenvalue weighted by molar-refractivity contribution is -0.384. The molecule has 80 valence electrons. The van der Waals surface area contributed by atoms with Gasteiger partial charge in [0, 0.05) is 18.6 Å². The molecule has 0 aliphatic carbocycles. The minimum Gasteiger partial charge on any atom is -0.258 e. The summed E-state index contributed by atoms with van der Waals surface area (Å²) in [5.74, 6) is 0.527. The van der Waals surface area contributed by atoms with Crippen molar-refractivity contribution in [2.75, 3.05) is 0 Å². The van der Waals surface area contributed by atoms with Crippen LogP contribution in [-0.2, 0) is 6.42 Å². The van der Waals surface area contributed by atoms with Crippen LogP contribution < -0.4 is 0 Å². The zero-order valence-corrected chi connectivity index (χ0v) is 8.85. The van der Waals surface area contributed by atoms with Gasteiger partial charge < -0.3 is 0 Å². The summed E-state index contributed by atoms with van der Waals surface area (Å²) in [5, 5.41) is 18.0. The summed E-state index contributed by atoms with van der Waals surface area (Å²) in [7, 11) is 0. The highest BCUT2D eigenvalue weighted by Crippen LogP contribution is 2.14. The summed E-state index contributed by atoms with van der Waals surface area (Å²) < 4.78 is 0. The van der Waals surface area contributed by atoms with E-state index in [1.165, 1.54) is 12.1 Å². The van der Waals surface area contributed by atoms with Crippen LogP contribution in [0.25, 0.3) is 0 Å². The first-order valence-electron chi connectivity index (χ1n) is 4.42. The van der Waals surface area contributed by atoms with Crippen LogP contribution in [0.5, 0.6) is 0 Å². The van der Waals surface area contributed by atoms with Gasteiger partial charge in [0.1, 0.15) is 0 Å². The molecule has 16 heavy (non-hydrogen) atoms. The lowest BCUT2D eigenvalue weighted by atomic mass is 10.1. The van der Waals surface area contributed by atoms with Gasteiger partial charge in [0.2, 0.25) is 5.11 Å². The SMILES string of the molecule is O=[N+]([O-])c1ccc(CC2=NC(=S)N=N2)cc1. The van der Waals surface area contributed by atoms with E-state index < -0.39 is 4.92 Å². The Labute approximate surface area is 95.9 Å². The van der Waals surface area contributed by atoms with Crippen LogP contribution in [0.3, 0.4) is 0 Å². The fourth-order valence-corrected chi connectivity index (χ4v) is 1.39. The summed E-state index contributed by atoms with van der Waals surface area (Å²) in [6.07, 6.45) is 0.474. The molecule has 0 fully saturated rings. The average molecular weight is 234 g/mol. The molecule has 1 aromatic carbocycles. The number of hydrogen-bond acceptors (Lipinski definition) is 4. The van der Waals surface area contributed by atoms with Crippen molar-refractivity contribution in [3.05, 3.63) is 39.9 Å². The predicted molar refractivity (Wildman–Crippen MR) is 61.7 cm³/mol. The number of non-ortho nitro benzene ring substituents is 1. The number of azo groups is 1. The Morgan fingerprint density at radius 3 is 2.44 bits per heavy atom. The lowest BCUT2D eigenvalue weighted by Crippen LogP contribution is -1.97. The van der Waals surface area contributed by atoms with Crippen molar-refractivity contribution in [1.82, 2.24) is 0 Å². The predicted octanol–water partition coefficient (Wildman–Crippen LogP) is 2.29. The highest BCUT2D eigenvalue weighted by Gasteiger charge is 2.09. The summed E-state index contributed by atoms with van der Waals surface area (Å²) >= 11 is 4.73. The Kier molecular flexibility index (Phi) is 2.78. The quantitative estimate of drug-likeness (QED) is 0.457. The first-order chi connectivity index (χ1) is 7.65. The Bertz CT molecular complexity index is 507. The first kappa shape index (κ1) is 10.5. The number of hydrogen-bond donors (Lipinski definition) is 0. The third kappa shape index (κ3) is 2.31. The van der Waals surface area contributed by atoms with Crippen molar-refractivity contribution in [2.45, 2.75) is 6.42 Å². The molecule has 1 aliphatic heterocycles. The van der Waals surface area contributed by atoms with Crippen molar-refractivity contribution < 1.29 is 4.92 Å². The fraction of sp³-hybridized carbons (Fsp3) is 0.111. The molecule has 0 N–H and O–H groups in total. The van der Waals surface area contributed by atoms with Gasteiger partial charge in [-0.05, 0) is 17.8 Å². The Morgan fingerprint density at radius 1 is 1.25 bits per heavy atom. The van der Waals surface area contributed by atoms with Gasteiger partial charge >= 0.3 is 0 Å². The van der Waals surface area contributed by atoms with Crippen LogP contribution in [-0.4, -0.2) is 15.9 Å². The van der Waals surface area contributed by atoms with Gasteiger partial charge in [-0.2, -0.15) is 4.99 Å². The van der Waals surface area contributed by atoms with Gasteiger partial charge in [0.25, 0.3) is 5.69 Å². The fourth-order valence-electron chi connectivity index (χ4n) is 1.25. The number of thiocarbonyl (C=S) groups is 1. The third-order valence-corrected chi connectivity index (χ3v) is 2.16. The van der Waals surface area contributed by atoms with E-state index in [2.05, 4.69) is 15.2 Å². The largest absolute Gasteiger partial charge is 0.269 e. The van der Waals surface area contributed by atoms with E-state index >= 15 is 0 Å². The number of nitro benzene ring substituents is 1. The highest BCUT2D eigenvalue weighted by molar-refractivity contribution is 7.80. The second-order valence-corrected chi connectivity index (χ2v) is 3.48. The van der Waals surface area contributed by atoms with Gasteiger partial charge in [-0.3, -0.25) is 10.1 Å². The lowest BCUT2D eigenvalue weighted by Gasteiger charge is -1.97. The van der Waals surface area contributed by atoms with Gasteiger partial charge in [0.05, 0.1) is 4.92 Å². The molecule has 7 heteroatoms.